The van der Waals surface area contributed by atoms with Crippen LogP contribution in [0, 0.1) is 0 Å². The topological polar surface area (TPSA) is 90.2 Å². The van der Waals surface area contributed by atoms with Crippen molar-refractivity contribution in [2.24, 2.45) is 5.84 Å². The van der Waals surface area contributed by atoms with Gasteiger partial charge in [0, 0.05) is 24.2 Å². The molecular weight excluding hydrogens is 244 g/mol. The maximum absolute atomic E-state index is 12.2. The van der Waals surface area contributed by atoms with Crippen molar-refractivity contribution in [3.8, 4) is 0 Å². The molecule has 3 aromatic rings. The van der Waals surface area contributed by atoms with Gasteiger partial charge in [-0.15, -0.1) is 0 Å². The van der Waals surface area contributed by atoms with Gasteiger partial charge in [-0.25, -0.2) is 15.3 Å². The van der Waals surface area contributed by atoms with Gasteiger partial charge >= 0.3 is 0 Å². The molecule has 0 unspecified atom stereocenters. The lowest BCUT2D eigenvalue weighted by atomic mass is 10.2. The van der Waals surface area contributed by atoms with Crippen molar-refractivity contribution in [3.05, 3.63) is 58.9 Å². The van der Waals surface area contributed by atoms with Gasteiger partial charge in [0.25, 0.3) is 5.56 Å². The highest BCUT2D eigenvalue weighted by Gasteiger charge is 2.06. The smallest absolute Gasteiger partial charge is 0.276 e. The van der Waals surface area contributed by atoms with E-state index in [-0.39, 0.29) is 5.56 Å². The van der Waals surface area contributed by atoms with Crippen molar-refractivity contribution in [2.45, 2.75) is 6.54 Å². The SMILES string of the molecule is NNc1ncccc1Cn1ccn2nccc2c1=O. The number of rotatable bonds is 3. The maximum Gasteiger partial charge on any atom is 0.276 e. The molecular formula is C12H12N6O. The van der Waals surface area contributed by atoms with E-state index in [4.69, 9.17) is 5.84 Å². The Hall–Kier alpha value is -2.67. The lowest BCUT2D eigenvalue weighted by Crippen LogP contribution is -2.23. The second kappa shape index (κ2) is 4.54. The van der Waals surface area contributed by atoms with Gasteiger partial charge in [0.2, 0.25) is 0 Å². The Morgan fingerprint density at radius 2 is 2.16 bits per heavy atom. The average Bonchev–Trinajstić information content (AvgIpc) is 2.92. The summed E-state index contributed by atoms with van der Waals surface area (Å²) in [6, 6.07) is 5.36. The molecule has 19 heavy (non-hydrogen) atoms. The van der Waals surface area contributed by atoms with Crippen LogP contribution in [0.3, 0.4) is 0 Å². The highest BCUT2D eigenvalue weighted by molar-refractivity contribution is 5.45. The van der Waals surface area contributed by atoms with Gasteiger partial charge in [0.05, 0.1) is 12.7 Å². The molecule has 0 aliphatic carbocycles. The van der Waals surface area contributed by atoms with Gasteiger partial charge in [0.15, 0.2) is 0 Å². The van der Waals surface area contributed by atoms with Crippen LogP contribution in [0.2, 0.25) is 0 Å². The zero-order valence-electron chi connectivity index (χ0n) is 10.0. The van der Waals surface area contributed by atoms with Crippen molar-refractivity contribution in [1.82, 2.24) is 19.2 Å². The van der Waals surface area contributed by atoms with Crippen LogP contribution in [0.5, 0.6) is 0 Å². The average molecular weight is 256 g/mol. The van der Waals surface area contributed by atoms with Gasteiger partial charge in [0.1, 0.15) is 11.3 Å². The Labute approximate surface area is 108 Å². The highest BCUT2D eigenvalue weighted by Crippen LogP contribution is 2.10. The number of pyridine rings is 1. The Morgan fingerprint density at radius 1 is 1.26 bits per heavy atom. The summed E-state index contributed by atoms with van der Waals surface area (Å²) in [4.78, 5) is 16.3. The maximum atomic E-state index is 12.2. The summed E-state index contributed by atoms with van der Waals surface area (Å²) in [7, 11) is 0. The summed E-state index contributed by atoms with van der Waals surface area (Å²) in [5, 5.41) is 4.02. The molecule has 3 rings (SSSR count). The summed E-state index contributed by atoms with van der Waals surface area (Å²) in [6.45, 7) is 0.397. The van der Waals surface area contributed by atoms with E-state index in [0.717, 1.165) is 5.56 Å². The third-order valence-corrected chi connectivity index (χ3v) is 2.91. The van der Waals surface area contributed by atoms with Crippen LogP contribution in [0.15, 0.2) is 47.8 Å². The molecule has 0 aromatic carbocycles. The van der Waals surface area contributed by atoms with Crippen LogP contribution in [-0.2, 0) is 6.54 Å². The van der Waals surface area contributed by atoms with E-state index in [1.807, 2.05) is 6.07 Å². The summed E-state index contributed by atoms with van der Waals surface area (Å²) >= 11 is 0. The minimum Gasteiger partial charge on any atom is -0.308 e. The van der Waals surface area contributed by atoms with Crippen LogP contribution in [-0.4, -0.2) is 19.2 Å². The number of hydrazine groups is 1. The Morgan fingerprint density at radius 3 is 3.00 bits per heavy atom. The zero-order valence-corrected chi connectivity index (χ0v) is 10.0. The van der Waals surface area contributed by atoms with Crippen molar-refractivity contribution < 1.29 is 0 Å². The number of hydrogen-bond acceptors (Lipinski definition) is 5. The van der Waals surface area contributed by atoms with Gasteiger partial charge in [-0.3, -0.25) is 4.79 Å². The van der Waals surface area contributed by atoms with Crippen LogP contribution < -0.4 is 16.8 Å². The molecule has 7 nitrogen and oxygen atoms in total. The van der Waals surface area contributed by atoms with Gasteiger partial charge in [-0.05, 0) is 12.1 Å². The van der Waals surface area contributed by atoms with E-state index < -0.39 is 0 Å². The standard InChI is InChI=1S/C12H12N6O/c13-16-11-9(2-1-4-14-11)8-17-6-7-18-10(12(17)19)3-5-15-18/h1-7H,8,13H2,(H,14,16). The molecule has 0 aliphatic rings. The minimum absolute atomic E-state index is 0.105. The number of hydrogen-bond donors (Lipinski definition) is 2. The van der Waals surface area contributed by atoms with Crippen molar-refractivity contribution in [1.29, 1.82) is 0 Å². The molecule has 0 bridgehead atoms. The first kappa shape index (κ1) is 11.4. The summed E-state index contributed by atoms with van der Waals surface area (Å²) in [6.07, 6.45) is 6.66. The number of nitrogens with zero attached hydrogens (tertiary/aromatic N) is 4. The zero-order chi connectivity index (χ0) is 13.2. The van der Waals surface area contributed by atoms with E-state index in [2.05, 4.69) is 15.5 Å². The molecule has 0 spiro atoms. The highest BCUT2D eigenvalue weighted by atomic mass is 16.1. The monoisotopic (exact) mass is 256 g/mol. The first-order valence-corrected chi connectivity index (χ1v) is 5.73. The van der Waals surface area contributed by atoms with Crippen molar-refractivity contribution in [2.75, 3.05) is 5.43 Å². The van der Waals surface area contributed by atoms with Crippen LogP contribution in [0.25, 0.3) is 5.52 Å². The quantitative estimate of drug-likeness (QED) is 0.517. The number of aromatic nitrogens is 4. The Kier molecular flexibility index (Phi) is 2.73. The Bertz CT molecular complexity index is 775. The van der Waals surface area contributed by atoms with Crippen molar-refractivity contribution >= 4 is 11.3 Å². The normalized spacial score (nSPS) is 10.8. The van der Waals surface area contributed by atoms with Gasteiger partial charge in [-0.1, -0.05) is 6.07 Å². The Balaban J connectivity index is 2.06. The predicted molar refractivity (Wildman–Crippen MR) is 70.6 cm³/mol. The number of anilines is 1. The molecule has 0 saturated carbocycles. The summed E-state index contributed by atoms with van der Waals surface area (Å²) in [5.74, 6) is 5.96. The third kappa shape index (κ3) is 1.95. The number of nitrogens with two attached hydrogens (primary N) is 1. The van der Waals surface area contributed by atoms with Gasteiger partial charge < -0.3 is 9.99 Å². The van der Waals surface area contributed by atoms with E-state index in [1.165, 1.54) is 0 Å². The first-order valence-electron chi connectivity index (χ1n) is 5.73. The summed E-state index contributed by atoms with van der Waals surface area (Å²) in [5.41, 5.74) is 3.80. The van der Waals surface area contributed by atoms with E-state index in [9.17, 15) is 4.79 Å². The second-order valence-corrected chi connectivity index (χ2v) is 4.05. The lowest BCUT2D eigenvalue weighted by Gasteiger charge is -2.09. The number of fused-ring (bicyclic) bond motifs is 1. The molecule has 0 aliphatic heterocycles. The minimum atomic E-state index is -0.105. The van der Waals surface area contributed by atoms with E-state index in [1.54, 1.807) is 46.0 Å². The number of nitrogens with one attached hydrogen (secondary N) is 1. The molecule has 7 heteroatoms. The fraction of sp³-hybridized carbons (Fsp3) is 0.0833. The molecule has 3 aromatic heterocycles. The number of nitrogen functional groups attached to an aromatic ring is 1. The summed E-state index contributed by atoms with van der Waals surface area (Å²) < 4.78 is 3.14. The molecule has 0 atom stereocenters. The molecule has 0 amide bonds. The van der Waals surface area contributed by atoms with E-state index in [0.29, 0.717) is 17.9 Å². The molecule has 3 N–H and O–H groups in total. The van der Waals surface area contributed by atoms with Crippen LogP contribution in [0.4, 0.5) is 5.82 Å². The molecule has 3 heterocycles. The fourth-order valence-electron chi connectivity index (χ4n) is 1.97. The van der Waals surface area contributed by atoms with Crippen LogP contribution in [0.1, 0.15) is 5.56 Å². The largest absolute Gasteiger partial charge is 0.308 e. The van der Waals surface area contributed by atoms with Crippen LogP contribution >= 0.6 is 0 Å². The second-order valence-electron chi connectivity index (χ2n) is 4.05. The lowest BCUT2D eigenvalue weighted by molar-refractivity contribution is 0.741. The third-order valence-electron chi connectivity index (χ3n) is 2.91. The molecule has 0 radical (unpaired) electrons. The predicted octanol–water partition coefficient (Wildman–Crippen LogP) is 0.225. The molecule has 96 valence electrons. The van der Waals surface area contributed by atoms with Crippen molar-refractivity contribution in [3.63, 3.8) is 0 Å². The fourth-order valence-corrected chi connectivity index (χ4v) is 1.97. The molecule has 0 saturated heterocycles. The first-order chi connectivity index (χ1) is 9.29. The van der Waals surface area contributed by atoms with E-state index >= 15 is 0 Å². The molecule has 0 fully saturated rings. The van der Waals surface area contributed by atoms with Gasteiger partial charge in [-0.2, -0.15) is 5.10 Å².